The summed E-state index contributed by atoms with van der Waals surface area (Å²) < 4.78 is 6.99. The number of benzene rings is 2. The van der Waals surface area contributed by atoms with Crippen LogP contribution in [-0.2, 0) is 19.1 Å². The molecule has 3 heterocycles. The molecule has 44 heavy (non-hydrogen) atoms. The van der Waals surface area contributed by atoms with Crippen molar-refractivity contribution in [3.05, 3.63) is 84.9 Å². The van der Waals surface area contributed by atoms with Crippen LogP contribution < -0.4 is 9.80 Å². The molecule has 3 amide bonds. The van der Waals surface area contributed by atoms with E-state index < -0.39 is 29.1 Å². The fourth-order valence-corrected chi connectivity index (χ4v) is 7.76. The lowest BCUT2D eigenvalue weighted by molar-refractivity contribution is -0.146. The molecule has 0 aromatic heterocycles. The summed E-state index contributed by atoms with van der Waals surface area (Å²) in [4.78, 5) is 48.9. The molecule has 1 N–H and O–H groups in total. The number of rotatable bonds is 14. The number of ether oxygens (including phenoxy) is 1. The second kappa shape index (κ2) is 13.3. The van der Waals surface area contributed by atoms with Gasteiger partial charge in [0.25, 0.3) is 5.91 Å². The smallest absolute Gasteiger partial charge is 0.253 e. The molecule has 9 heteroatoms. The molecule has 2 aromatic rings. The second-order valence-corrected chi connectivity index (χ2v) is 12.4. The summed E-state index contributed by atoms with van der Waals surface area (Å²) in [5, 5.41) is 9.90. The number of unbranched alkanes of at least 4 members (excludes halogenated alkanes) is 2. The third-order valence-corrected chi connectivity index (χ3v) is 9.85. The van der Waals surface area contributed by atoms with Crippen molar-refractivity contribution < 1.29 is 24.2 Å². The normalized spacial score (nSPS) is 26.8. The number of hydrogen-bond donors (Lipinski definition) is 1. The first-order valence-electron chi connectivity index (χ1n) is 15.5. The minimum absolute atomic E-state index is 0.0594. The molecule has 234 valence electrons. The molecule has 0 radical (unpaired) electrons. The van der Waals surface area contributed by atoms with Gasteiger partial charge in [0.15, 0.2) is 0 Å². The lowest BCUT2D eigenvalue weighted by Crippen LogP contribution is -2.56. The van der Waals surface area contributed by atoms with Crippen LogP contribution in [-0.4, -0.2) is 71.2 Å². The van der Waals surface area contributed by atoms with Gasteiger partial charge < -0.3 is 24.5 Å². The molecule has 2 bridgehead atoms. The van der Waals surface area contributed by atoms with Gasteiger partial charge >= 0.3 is 0 Å². The van der Waals surface area contributed by atoms with E-state index in [1.165, 1.54) is 0 Å². The molecular formula is C35H42ClN3O5. The topological polar surface area (TPSA) is 90.4 Å². The number of fused-ring (bicyclic) bond motifs is 1. The number of aliphatic hydroxyl groups is 1. The van der Waals surface area contributed by atoms with Crippen molar-refractivity contribution in [3.63, 3.8) is 0 Å². The Labute approximate surface area is 264 Å². The first kappa shape index (κ1) is 31.9. The molecule has 0 saturated carbocycles. The van der Waals surface area contributed by atoms with E-state index in [2.05, 4.69) is 13.2 Å². The van der Waals surface area contributed by atoms with E-state index in [-0.39, 0.29) is 37.4 Å². The zero-order valence-corrected chi connectivity index (χ0v) is 26.1. The number of halogens is 1. The maximum atomic E-state index is 14.7. The number of hydrogen-bond acceptors (Lipinski definition) is 5. The van der Waals surface area contributed by atoms with Crippen molar-refractivity contribution in [1.29, 1.82) is 0 Å². The summed E-state index contributed by atoms with van der Waals surface area (Å²) in [6.45, 7) is 10.7. The molecule has 2 aromatic carbocycles. The Bertz CT molecular complexity index is 1380. The van der Waals surface area contributed by atoms with Crippen molar-refractivity contribution in [2.75, 3.05) is 36.0 Å². The number of amides is 3. The number of carbonyl (C=O) groups excluding carboxylic acids is 3. The molecule has 8 nitrogen and oxygen atoms in total. The number of para-hydroxylation sites is 1. The summed E-state index contributed by atoms with van der Waals surface area (Å²) >= 11 is 6.16. The van der Waals surface area contributed by atoms with Gasteiger partial charge in [0.2, 0.25) is 11.8 Å². The van der Waals surface area contributed by atoms with E-state index in [1.807, 2.05) is 37.3 Å². The highest BCUT2D eigenvalue weighted by molar-refractivity contribution is 6.30. The molecule has 3 aliphatic rings. The molecule has 3 saturated heterocycles. The highest BCUT2D eigenvalue weighted by atomic mass is 35.5. The Morgan fingerprint density at radius 1 is 0.977 bits per heavy atom. The standard InChI is InChI=1S/C35H42ClN3O5/c1-4-21-37(26-13-9-7-10-14-26)31(41)28-29-32(42)39(23-11-8-12-24-40)30(35(29)20-19-34(28,6-3)44-35)33(43)38(22-5-2)27-17-15-25(36)16-18-27/h4-5,7,9-10,13-18,28-30,40H,1-2,6,8,11-12,19-24H2,3H3/t28-,29+,30?,34+,35?/m1/s1. The first-order valence-corrected chi connectivity index (χ1v) is 15.9. The largest absolute Gasteiger partial charge is 0.396 e. The van der Waals surface area contributed by atoms with Crippen molar-refractivity contribution in [3.8, 4) is 0 Å². The van der Waals surface area contributed by atoms with Crippen LogP contribution in [0, 0.1) is 11.8 Å². The van der Waals surface area contributed by atoms with Gasteiger partial charge in [-0.1, -0.05) is 48.9 Å². The van der Waals surface area contributed by atoms with E-state index >= 15 is 0 Å². The number of carbonyl (C=O) groups is 3. The van der Waals surface area contributed by atoms with Gasteiger partial charge in [-0.3, -0.25) is 14.4 Å². The third kappa shape index (κ3) is 5.37. The van der Waals surface area contributed by atoms with Gasteiger partial charge in [-0.25, -0.2) is 0 Å². The number of nitrogens with zero attached hydrogens (tertiary/aromatic N) is 3. The summed E-state index contributed by atoms with van der Waals surface area (Å²) in [6, 6.07) is 15.5. The second-order valence-electron chi connectivity index (χ2n) is 11.9. The summed E-state index contributed by atoms with van der Waals surface area (Å²) in [7, 11) is 0. The number of likely N-dealkylation sites (tertiary alicyclic amines) is 1. The zero-order chi connectivity index (χ0) is 31.5. The minimum atomic E-state index is -1.15. The summed E-state index contributed by atoms with van der Waals surface area (Å²) in [6.07, 6.45) is 6.88. The van der Waals surface area contributed by atoms with Crippen LogP contribution in [0.1, 0.15) is 45.4 Å². The molecule has 2 unspecified atom stereocenters. The van der Waals surface area contributed by atoms with Gasteiger partial charge in [0.05, 0.1) is 17.4 Å². The molecule has 3 fully saturated rings. The van der Waals surface area contributed by atoms with Crippen LogP contribution in [0.25, 0.3) is 0 Å². The molecule has 3 aliphatic heterocycles. The quantitative estimate of drug-likeness (QED) is 0.226. The lowest BCUT2D eigenvalue weighted by atomic mass is 9.64. The number of anilines is 2. The first-order chi connectivity index (χ1) is 21.3. The molecule has 5 rings (SSSR count). The molecule has 0 aliphatic carbocycles. The third-order valence-electron chi connectivity index (χ3n) is 9.60. The number of aliphatic hydroxyl groups excluding tert-OH is 1. The lowest BCUT2D eigenvalue weighted by Gasteiger charge is -2.37. The Kier molecular flexibility index (Phi) is 9.63. The van der Waals surface area contributed by atoms with Crippen LogP contribution in [0.2, 0.25) is 5.02 Å². The average Bonchev–Trinajstić information content (AvgIpc) is 3.64. The fraction of sp³-hybridized carbons (Fsp3) is 0.457. The van der Waals surface area contributed by atoms with Crippen LogP contribution >= 0.6 is 11.6 Å². The van der Waals surface area contributed by atoms with Gasteiger partial charge in [0.1, 0.15) is 11.6 Å². The Morgan fingerprint density at radius 2 is 1.61 bits per heavy atom. The van der Waals surface area contributed by atoms with Crippen LogP contribution in [0.3, 0.4) is 0 Å². The highest BCUT2D eigenvalue weighted by Crippen LogP contribution is 2.64. The minimum Gasteiger partial charge on any atom is -0.396 e. The van der Waals surface area contributed by atoms with E-state index in [4.69, 9.17) is 16.3 Å². The Balaban J connectivity index is 1.59. The highest BCUT2D eigenvalue weighted by Gasteiger charge is 2.79. The van der Waals surface area contributed by atoms with E-state index in [0.717, 1.165) is 5.69 Å². The monoisotopic (exact) mass is 619 g/mol. The predicted octanol–water partition coefficient (Wildman–Crippen LogP) is 5.40. The van der Waals surface area contributed by atoms with Gasteiger partial charge in [-0.2, -0.15) is 0 Å². The summed E-state index contributed by atoms with van der Waals surface area (Å²) in [5.41, 5.74) is -0.654. The Morgan fingerprint density at radius 3 is 2.23 bits per heavy atom. The SMILES string of the molecule is C=CCN(C(=O)C1N(CCCCCO)C(=O)[C@@H]2[C@H](C(=O)N(CC=C)c3ccccc3)[C@]3(CC)CCC12O3)c1ccc(Cl)cc1. The van der Waals surface area contributed by atoms with Gasteiger partial charge in [0, 0.05) is 42.6 Å². The van der Waals surface area contributed by atoms with Crippen molar-refractivity contribution >= 4 is 40.7 Å². The van der Waals surface area contributed by atoms with Crippen molar-refractivity contribution in [2.24, 2.45) is 11.8 Å². The van der Waals surface area contributed by atoms with E-state index in [0.29, 0.717) is 55.8 Å². The van der Waals surface area contributed by atoms with Crippen LogP contribution in [0.5, 0.6) is 0 Å². The fourth-order valence-electron chi connectivity index (χ4n) is 7.63. The maximum absolute atomic E-state index is 14.7. The average molecular weight is 620 g/mol. The zero-order valence-electron chi connectivity index (χ0n) is 25.4. The molecule has 1 spiro atoms. The van der Waals surface area contributed by atoms with E-state index in [1.54, 1.807) is 51.1 Å². The molecular weight excluding hydrogens is 578 g/mol. The summed E-state index contributed by atoms with van der Waals surface area (Å²) in [5.74, 6) is -2.23. The van der Waals surface area contributed by atoms with Crippen molar-refractivity contribution in [1.82, 2.24) is 4.90 Å². The van der Waals surface area contributed by atoms with Crippen LogP contribution in [0.15, 0.2) is 79.9 Å². The molecule has 5 atom stereocenters. The van der Waals surface area contributed by atoms with Crippen molar-refractivity contribution in [2.45, 2.75) is 62.7 Å². The van der Waals surface area contributed by atoms with Crippen LogP contribution in [0.4, 0.5) is 11.4 Å². The van der Waals surface area contributed by atoms with E-state index in [9.17, 15) is 19.5 Å². The van der Waals surface area contributed by atoms with Gasteiger partial charge in [-0.05, 0) is 74.9 Å². The van der Waals surface area contributed by atoms with Gasteiger partial charge in [-0.15, -0.1) is 13.2 Å². The maximum Gasteiger partial charge on any atom is 0.253 e. The predicted molar refractivity (Wildman–Crippen MR) is 172 cm³/mol. The Hall–Kier alpha value is -3.46.